The van der Waals surface area contributed by atoms with Crippen LogP contribution in [0.4, 0.5) is 11.4 Å². The van der Waals surface area contributed by atoms with Gasteiger partial charge in [-0.05, 0) is 59.3 Å². The lowest BCUT2D eigenvalue weighted by Gasteiger charge is -2.25. The second kappa shape index (κ2) is 10.7. The Morgan fingerprint density at radius 1 is 0.903 bits per heavy atom. The van der Waals surface area contributed by atoms with Crippen molar-refractivity contribution in [1.82, 2.24) is 0 Å². The second-order valence-corrected chi connectivity index (χ2v) is 10.3. The van der Waals surface area contributed by atoms with Gasteiger partial charge in [0.15, 0.2) is 0 Å². The van der Waals surface area contributed by atoms with E-state index < -0.39 is 0 Å². The van der Waals surface area contributed by atoms with Crippen molar-refractivity contribution in [2.45, 2.75) is 12.8 Å². The number of aryl methyl sites for hydroxylation is 1. The highest BCUT2D eigenvalue weighted by Crippen LogP contribution is 2.44. The third kappa shape index (κ3) is 5.33. The zero-order chi connectivity index (χ0) is 22.5. The van der Waals surface area contributed by atoms with Crippen LogP contribution in [0, 0.1) is 6.92 Å². The number of nitrogens with zero attached hydrogens (tertiary/aromatic N) is 2. The van der Waals surface area contributed by atoms with Gasteiger partial charge in [0.2, 0.25) is 0 Å². The average molecular weight is 560 g/mol. The smallest absolute Gasteiger partial charge is 0.0458 e. The fraction of sp³-hybridized carbons (Fsp3) is 0.231. The van der Waals surface area contributed by atoms with Gasteiger partial charge in [0, 0.05) is 58.3 Å². The van der Waals surface area contributed by atoms with Crippen LogP contribution in [0.15, 0.2) is 82.1 Å². The van der Waals surface area contributed by atoms with Crippen LogP contribution in [0.1, 0.15) is 27.5 Å². The molecule has 0 fully saturated rings. The number of benzene rings is 2. The van der Waals surface area contributed by atoms with Gasteiger partial charge in [-0.25, -0.2) is 0 Å². The van der Waals surface area contributed by atoms with Crippen LogP contribution in [0.25, 0.3) is 0 Å². The highest BCUT2D eigenvalue weighted by molar-refractivity contribution is 9.10. The molecule has 0 aliphatic carbocycles. The first-order valence-electron chi connectivity index (χ1n) is 10.1. The predicted molar refractivity (Wildman–Crippen MR) is 145 cm³/mol. The molecule has 5 heteroatoms. The van der Waals surface area contributed by atoms with Crippen molar-refractivity contribution in [2.24, 2.45) is 0 Å². The number of hydrogen-bond donors (Lipinski definition) is 0. The largest absolute Gasteiger partial charge is 0.378 e. The van der Waals surface area contributed by atoms with E-state index in [1.807, 2.05) is 23.5 Å². The van der Waals surface area contributed by atoms with E-state index in [1.54, 1.807) is 0 Å². The predicted octanol–water partition coefficient (Wildman–Crippen LogP) is 8.01. The van der Waals surface area contributed by atoms with Crippen LogP contribution < -0.4 is 9.80 Å². The Balaban J connectivity index is 2.12. The summed E-state index contributed by atoms with van der Waals surface area (Å²) in [5, 5.41) is 2.18. The topological polar surface area (TPSA) is 6.48 Å². The van der Waals surface area contributed by atoms with E-state index in [4.69, 9.17) is 0 Å². The van der Waals surface area contributed by atoms with Crippen molar-refractivity contribution in [3.05, 3.63) is 104 Å². The number of hydrogen-bond acceptors (Lipinski definition) is 3. The summed E-state index contributed by atoms with van der Waals surface area (Å²) in [5.41, 5.74) is 6.16. The first-order chi connectivity index (χ1) is 14.9. The SMILES string of the molecule is C=CCN(CC=C)c1ccc(C(c2ccc(N(C)C)cc2Br)c2sccc2C)c(Br)c1. The zero-order valence-electron chi connectivity index (χ0n) is 18.2. The van der Waals surface area contributed by atoms with Crippen molar-refractivity contribution >= 4 is 54.6 Å². The number of halogens is 2. The molecule has 0 bridgehead atoms. The van der Waals surface area contributed by atoms with Crippen LogP contribution >= 0.6 is 43.2 Å². The fourth-order valence-electron chi connectivity index (χ4n) is 3.70. The van der Waals surface area contributed by atoms with Crippen LogP contribution in [-0.2, 0) is 0 Å². The molecule has 0 saturated carbocycles. The summed E-state index contributed by atoms with van der Waals surface area (Å²) in [6, 6.07) is 15.5. The number of rotatable bonds is 9. The van der Waals surface area contributed by atoms with E-state index in [1.165, 1.54) is 27.3 Å². The molecule has 0 aliphatic rings. The standard InChI is InChI=1S/C26H28Br2N2S/c1-6-13-30(14-7-2)20-9-11-22(24(28)17-20)25(26-18(3)12-15-31-26)21-10-8-19(29(4)5)16-23(21)27/h6-12,15-17,25H,1-2,13-14H2,3-5H3. The Morgan fingerprint density at radius 3 is 1.90 bits per heavy atom. The van der Waals surface area contributed by atoms with Gasteiger partial charge in [-0.3, -0.25) is 0 Å². The van der Waals surface area contributed by atoms with E-state index in [-0.39, 0.29) is 5.92 Å². The molecule has 162 valence electrons. The Hall–Kier alpha value is -1.82. The third-order valence-corrected chi connectivity index (χ3v) is 7.79. The normalized spacial score (nSPS) is 11.8. The molecule has 0 aliphatic heterocycles. The molecule has 1 unspecified atom stereocenters. The first kappa shape index (κ1) is 23.8. The first-order valence-corrected chi connectivity index (χ1v) is 12.6. The van der Waals surface area contributed by atoms with E-state index in [9.17, 15) is 0 Å². The van der Waals surface area contributed by atoms with E-state index in [2.05, 4.69) is 124 Å². The number of anilines is 2. The Labute approximate surface area is 207 Å². The van der Waals surface area contributed by atoms with Gasteiger partial charge in [0.05, 0.1) is 0 Å². The zero-order valence-corrected chi connectivity index (χ0v) is 22.2. The Morgan fingerprint density at radius 2 is 1.45 bits per heavy atom. The third-order valence-electron chi connectivity index (χ3n) is 5.33. The molecule has 2 nitrogen and oxygen atoms in total. The van der Waals surface area contributed by atoms with Crippen LogP contribution in [0.5, 0.6) is 0 Å². The highest BCUT2D eigenvalue weighted by atomic mass is 79.9. The summed E-state index contributed by atoms with van der Waals surface area (Å²) in [4.78, 5) is 5.74. The van der Waals surface area contributed by atoms with Gasteiger partial charge in [0.1, 0.15) is 0 Å². The van der Waals surface area contributed by atoms with Crippen molar-refractivity contribution in [3.63, 3.8) is 0 Å². The maximum atomic E-state index is 3.89. The fourth-order valence-corrected chi connectivity index (χ4v) is 5.96. The Kier molecular flexibility index (Phi) is 8.20. The van der Waals surface area contributed by atoms with Crippen LogP contribution in [-0.4, -0.2) is 27.2 Å². The van der Waals surface area contributed by atoms with Crippen molar-refractivity contribution in [3.8, 4) is 0 Å². The molecule has 1 atom stereocenters. The minimum atomic E-state index is 0.140. The second-order valence-electron chi connectivity index (χ2n) is 7.69. The summed E-state index contributed by atoms with van der Waals surface area (Å²) in [7, 11) is 4.13. The monoisotopic (exact) mass is 558 g/mol. The molecule has 0 N–H and O–H groups in total. The summed E-state index contributed by atoms with van der Waals surface area (Å²) in [5.74, 6) is 0.140. The van der Waals surface area contributed by atoms with E-state index >= 15 is 0 Å². The van der Waals surface area contributed by atoms with Gasteiger partial charge in [-0.1, -0.05) is 56.1 Å². The lowest BCUT2D eigenvalue weighted by atomic mass is 9.88. The number of thiophene rings is 1. The molecule has 3 rings (SSSR count). The van der Waals surface area contributed by atoms with Gasteiger partial charge in [-0.2, -0.15) is 0 Å². The van der Waals surface area contributed by atoms with Crippen molar-refractivity contribution in [2.75, 3.05) is 37.0 Å². The van der Waals surface area contributed by atoms with E-state index in [0.29, 0.717) is 0 Å². The minimum absolute atomic E-state index is 0.140. The summed E-state index contributed by atoms with van der Waals surface area (Å²) in [6.07, 6.45) is 3.85. The lowest BCUT2D eigenvalue weighted by molar-refractivity contribution is 0.943. The van der Waals surface area contributed by atoms with Gasteiger partial charge >= 0.3 is 0 Å². The molecule has 2 aromatic carbocycles. The van der Waals surface area contributed by atoms with Crippen LogP contribution in [0.3, 0.4) is 0 Å². The van der Waals surface area contributed by atoms with Gasteiger partial charge in [0.25, 0.3) is 0 Å². The maximum absolute atomic E-state index is 3.89. The molecule has 0 radical (unpaired) electrons. The van der Waals surface area contributed by atoms with Gasteiger partial charge in [-0.15, -0.1) is 24.5 Å². The molecule has 0 amide bonds. The molecule has 31 heavy (non-hydrogen) atoms. The molecular weight excluding hydrogens is 532 g/mol. The van der Waals surface area contributed by atoms with Crippen molar-refractivity contribution < 1.29 is 0 Å². The molecule has 0 saturated heterocycles. The summed E-state index contributed by atoms with van der Waals surface area (Å²) in [6.45, 7) is 11.5. The highest BCUT2D eigenvalue weighted by Gasteiger charge is 2.25. The molecule has 1 heterocycles. The molecule has 3 aromatic rings. The average Bonchev–Trinajstić information content (AvgIpc) is 3.15. The summed E-state index contributed by atoms with van der Waals surface area (Å²) >= 11 is 9.56. The van der Waals surface area contributed by atoms with Crippen molar-refractivity contribution in [1.29, 1.82) is 0 Å². The summed E-state index contributed by atoms with van der Waals surface area (Å²) < 4.78 is 2.22. The van der Waals surface area contributed by atoms with Gasteiger partial charge < -0.3 is 9.80 Å². The van der Waals surface area contributed by atoms with E-state index in [0.717, 1.165) is 27.7 Å². The Bertz CT molecular complexity index is 1060. The quantitative estimate of drug-likeness (QED) is 0.245. The lowest BCUT2D eigenvalue weighted by Crippen LogP contribution is -2.23. The molecule has 0 spiro atoms. The maximum Gasteiger partial charge on any atom is 0.0458 e. The minimum Gasteiger partial charge on any atom is -0.378 e. The van der Waals surface area contributed by atoms with Crippen LogP contribution in [0.2, 0.25) is 0 Å². The molecule has 1 aromatic heterocycles. The molecular formula is C26H28Br2N2S.